The molecule has 0 bridgehead atoms. The van der Waals surface area contributed by atoms with Crippen LogP contribution in [-0.4, -0.2) is 26.8 Å². The summed E-state index contributed by atoms with van der Waals surface area (Å²) >= 11 is 0. The number of carbonyl (C=O) groups is 2. The number of nitrogens with one attached hydrogen (secondary N) is 1. The first-order valence-corrected chi connectivity index (χ1v) is 7.09. The van der Waals surface area contributed by atoms with Crippen molar-refractivity contribution in [1.82, 2.24) is 15.1 Å². The quantitative estimate of drug-likeness (QED) is 0.831. The van der Waals surface area contributed by atoms with Gasteiger partial charge >= 0.3 is 5.97 Å². The van der Waals surface area contributed by atoms with Gasteiger partial charge in [0, 0.05) is 19.5 Å². The first-order chi connectivity index (χ1) is 11.0. The molecule has 0 fully saturated rings. The smallest absolute Gasteiger partial charge is 0.303 e. The molecule has 0 aliphatic rings. The summed E-state index contributed by atoms with van der Waals surface area (Å²) in [5, 5.41) is 15.5. The molecule has 0 aliphatic carbocycles. The van der Waals surface area contributed by atoms with Crippen LogP contribution in [0, 0.1) is 0 Å². The zero-order valence-corrected chi connectivity index (χ0v) is 12.6. The Bertz CT molecular complexity index is 755. The second kappa shape index (κ2) is 7.35. The summed E-state index contributed by atoms with van der Waals surface area (Å²) in [5.74, 6) is -1.39. The highest BCUT2D eigenvalue weighted by atomic mass is 16.4. The van der Waals surface area contributed by atoms with Crippen LogP contribution in [0.5, 0.6) is 0 Å². The summed E-state index contributed by atoms with van der Waals surface area (Å²) < 4.78 is 1.07. The Morgan fingerprint density at radius 3 is 2.52 bits per heavy atom. The zero-order chi connectivity index (χ0) is 16.8. The number of aryl methyl sites for hydroxylation is 1. The minimum Gasteiger partial charge on any atom is -0.481 e. The number of benzene rings is 1. The molecule has 2 N–H and O–H groups in total. The van der Waals surface area contributed by atoms with Crippen LogP contribution in [0.1, 0.15) is 34.9 Å². The predicted octanol–water partition coefficient (Wildman–Crippen LogP) is 1.12. The third-order valence-corrected chi connectivity index (χ3v) is 3.35. The summed E-state index contributed by atoms with van der Waals surface area (Å²) in [6.45, 7) is 0. The van der Waals surface area contributed by atoms with Crippen molar-refractivity contribution in [3.05, 3.63) is 64.1 Å². The van der Waals surface area contributed by atoms with Crippen LogP contribution in [0.4, 0.5) is 0 Å². The van der Waals surface area contributed by atoms with Gasteiger partial charge in [0.05, 0.1) is 6.04 Å². The Kier molecular flexibility index (Phi) is 5.24. The number of nitrogens with zero attached hydrogens (tertiary/aromatic N) is 2. The van der Waals surface area contributed by atoms with Crippen molar-refractivity contribution in [1.29, 1.82) is 0 Å². The van der Waals surface area contributed by atoms with E-state index in [1.54, 1.807) is 0 Å². The highest BCUT2D eigenvalue weighted by molar-refractivity contribution is 5.92. The minimum atomic E-state index is -0.930. The molecule has 1 unspecified atom stereocenters. The first-order valence-electron chi connectivity index (χ1n) is 7.09. The molecule has 23 heavy (non-hydrogen) atoms. The molecule has 7 nitrogen and oxygen atoms in total. The normalized spacial score (nSPS) is 11.7. The van der Waals surface area contributed by atoms with Crippen molar-refractivity contribution in [2.45, 2.75) is 18.9 Å². The average Bonchev–Trinajstić information content (AvgIpc) is 2.54. The third-order valence-electron chi connectivity index (χ3n) is 3.35. The molecule has 7 heteroatoms. The van der Waals surface area contributed by atoms with E-state index < -0.39 is 17.9 Å². The monoisotopic (exact) mass is 315 g/mol. The van der Waals surface area contributed by atoms with Gasteiger partial charge in [-0.25, -0.2) is 4.68 Å². The van der Waals surface area contributed by atoms with Crippen molar-refractivity contribution in [3.8, 4) is 0 Å². The number of carboxylic acids is 1. The molecule has 1 aromatic carbocycles. The Morgan fingerprint density at radius 2 is 1.91 bits per heavy atom. The standard InChI is InChI=1S/C16H17N3O4/c1-19-14(20)9-7-13(18-19)16(23)17-12(8-10-15(21)22)11-5-3-2-4-6-11/h2-7,9,12H,8,10H2,1H3,(H,17,23)(H,21,22). The maximum Gasteiger partial charge on any atom is 0.303 e. The van der Waals surface area contributed by atoms with Gasteiger partial charge in [-0.15, -0.1) is 0 Å². The van der Waals surface area contributed by atoms with Crippen molar-refractivity contribution in [3.63, 3.8) is 0 Å². The van der Waals surface area contributed by atoms with E-state index in [-0.39, 0.29) is 24.1 Å². The van der Waals surface area contributed by atoms with Gasteiger partial charge in [-0.2, -0.15) is 5.10 Å². The van der Waals surface area contributed by atoms with E-state index in [4.69, 9.17) is 5.11 Å². The number of carbonyl (C=O) groups excluding carboxylic acids is 1. The molecule has 0 saturated carbocycles. The fourth-order valence-corrected chi connectivity index (χ4v) is 2.13. The van der Waals surface area contributed by atoms with E-state index in [0.717, 1.165) is 10.2 Å². The number of hydrogen-bond acceptors (Lipinski definition) is 4. The Balaban J connectivity index is 2.19. The topological polar surface area (TPSA) is 101 Å². The van der Waals surface area contributed by atoms with Crippen LogP contribution in [-0.2, 0) is 11.8 Å². The fraction of sp³-hybridized carbons (Fsp3) is 0.250. The van der Waals surface area contributed by atoms with E-state index in [0.29, 0.717) is 0 Å². The van der Waals surface area contributed by atoms with Crippen molar-refractivity contribution >= 4 is 11.9 Å². The lowest BCUT2D eigenvalue weighted by molar-refractivity contribution is -0.137. The summed E-state index contributed by atoms with van der Waals surface area (Å²) in [7, 11) is 1.46. The summed E-state index contributed by atoms with van der Waals surface area (Å²) in [5.41, 5.74) is 0.599. The van der Waals surface area contributed by atoms with Crippen LogP contribution >= 0.6 is 0 Å². The van der Waals surface area contributed by atoms with Gasteiger partial charge in [0.1, 0.15) is 5.69 Å². The van der Waals surface area contributed by atoms with E-state index >= 15 is 0 Å². The Hall–Kier alpha value is -2.96. The molecule has 0 spiro atoms. The summed E-state index contributed by atoms with van der Waals surface area (Å²) in [6.07, 6.45) is 0.192. The Morgan fingerprint density at radius 1 is 1.22 bits per heavy atom. The molecule has 0 radical (unpaired) electrons. The molecule has 1 amide bonds. The van der Waals surface area contributed by atoms with Gasteiger partial charge in [-0.3, -0.25) is 14.4 Å². The van der Waals surface area contributed by atoms with Gasteiger partial charge < -0.3 is 10.4 Å². The fourth-order valence-electron chi connectivity index (χ4n) is 2.13. The SMILES string of the molecule is Cn1nc(C(=O)NC(CCC(=O)O)c2ccccc2)ccc1=O. The number of hydrogen-bond donors (Lipinski definition) is 2. The molecule has 1 aromatic heterocycles. The number of aliphatic carboxylic acids is 1. The molecule has 0 aliphatic heterocycles. The molecular weight excluding hydrogens is 298 g/mol. The van der Waals surface area contributed by atoms with Crippen LogP contribution in [0.2, 0.25) is 0 Å². The van der Waals surface area contributed by atoms with Gasteiger partial charge in [0.2, 0.25) is 0 Å². The molecule has 120 valence electrons. The van der Waals surface area contributed by atoms with Crippen molar-refractivity contribution in [2.75, 3.05) is 0 Å². The van der Waals surface area contributed by atoms with Crippen molar-refractivity contribution < 1.29 is 14.7 Å². The van der Waals surface area contributed by atoms with Gasteiger partial charge in [0.15, 0.2) is 0 Å². The van der Waals surface area contributed by atoms with E-state index in [1.807, 2.05) is 30.3 Å². The second-order valence-corrected chi connectivity index (χ2v) is 5.05. The minimum absolute atomic E-state index is 0.0689. The van der Waals surface area contributed by atoms with Crippen LogP contribution < -0.4 is 10.9 Å². The molecule has 2 aromatic rings. The number of rotatable bonds is 6. The second-order valence-electron chi connectivity index (χ2n) is 5.05. The van der Waals surface area contributed by atoms with Gasteiger partial charge in [-0.1, -0.05) is 30.3 Å². The van der Waals surface area contributed by atoms with E-state index in [9.17, 15) is 14.4 Å². The lowest BCUT2D eigenvalue weighted by Gasteiger charge is -2.18. The van der Waals surface area contributed by atoms with Gasteiger partial charge in [0.25, 0.3) is 11.5 Å². The average molecular weight is 315 g/mol. The van der Waals surface area contributed by atoms with E-state index in [2.05, 4.69) is 10.4 Å². The highest BCUT2D eigenvalue weighted by Gasteiger charge is 2.18. The molecule has 0 saturated heterocycles. The van der Waals surface area contributed by atoms with Crippen LogP contribution in [0.15, 0.2) is 47.3 Å². The lowest BCUT2D eigenvalue weighted by atomic mass is 10.0. The van der Waals surface area contributed by atoms with E-state index in [1.165, 1.54) is 19.2 Å². The molecule has 1 atom stereocenters. The first kappa shape index (κ1) is 16.4. The molecule has 1 heterocycles. The predicted molar refractivity (Wildman–Crippen MR) is 83.0 cm³/mol. The number of aromatic nitrogens is 2. The zero-order valence-electron chi connectivity index (χ0n) is 12.6. The largest absolute Gasteiger partial charge is 0.481 e. The van der Waals surface area contributed by atoms with Crippen LogP contribution in [0.25, 0.3) is 0 Å². The molecular formula is C16H17N3O4. The molecule has 2 rings (SSSR count). The summed E-state index contributed by atoms with van der Waals surface area (Å²) in [6, 6.07) is 11.3. The van der Waals surface area contributed by atoms with Gasteiger partial charge in [-0.05, 0) is 18.1 Å². The summed E-state index contributed by atoms with van der Waals surface area (Å²) in [4.78, 5) is 34.4. The lowest BCUT2D eigenvalue weighted by Crippen LogP contribution is -2.31. The highest BCUT2D eigenvalue weighted by Crippen LogP contribution is 2.18. The maximum absolute atomic E-state index is 12.3. The number of amides is 1. The third kappa shape index (κ3) is 4.50. The van der Waals surface area contributed by atoms with Crippen molar-refractivity contribution in [2.24, 2.45) is 7.05 Å². The maximum atomic E-state index is 12.3. The van der Waals surface area contributed by atoms with Crippen LogP contribution in [0.3, 0.4) is 0 Å². The number of carboxylic acid groups (broad SMARTS) is 1. The Labute approximate surface area is 132 Å².